The molecule has 94 valence electrons. The lowest BCUT2D eigenvalue weighted by Gasteiger charge is -2.25. The van der Waals surface area contributed by atoms with Gasteiger partial charge in [0.1, 0.15) is 0 Å². The zero-order valence-electron chi connectivity index (χ0n) is 10.6. The van der Waals surface area contributed by atoms with Crippen molar-refractivity contribution in [3.63, 3.8) is 0 Å². The first-order valence-corrected chi connectivity index (χ1v) is 6.80. The number of nitrogens with one attached hydrogen (secondary N) is 1. The van der Waals surface area contributed by atoms with Gasteiger partial charge < -0.3 is 4.90 Å². The number of hydrogen-bond donors (Lipinski definition) is 1. The van der Waals surface area contributed by atoms with Gasteiger partial charge >= 0.3 is 0 Å². The van der Waals surface area contributed by atoms with E-state index >= 15 is 0 Å². The van der Waals surface area contributed by atoms with E-state index in [-0.39, 0.29) is 12.0 Å². The van der Waals surface area contributed by atoms with Crippen molar-refractivity contribution in [2.75, 3.05) is 20.6 Å². The zero-order valence-corrected chi connectivity index (χ0v) is 11.4. The Balaban J connectivity index is 4.71. The maximum atomic E-state index is 11.7. The Bertz CT molecular complexity index is 344. The van der Waals surface area contributed by atoms with Gasteiger partial charge in [-0.15, -0.1) is 0 Å². The standard InChI is InChI=1S/C10H21N3O2S/c1-8(2)10(7-13(4)5)12-16(14,15)9(3)6-11/h8-10,12H,7H2,1-5H3. The predicted molar refractivity (Wildman–Crippen MR) is 64.3 cm³/mol. The average Bonchev–Trinajstić information content (AvgIpc) is 2.14. The van der Waals surface area contributed by atoms with E-state index in [4.69, 9.17) is 5.26 Å². The minimum absolute atomic E-state index is 0.171. The van der Waals surface area contributed by atoms with Crippen LogP contribution < -0.4 is 4.72 Å². The van der Waals surface area contributed by atoms with Crippen molar-refractivity contribution in [1.82, 2.24) is 9.62 Å². The molecule has 0 heterocycles. The highest BCUT2D eigenvalue weighted by atomic mass is 32.2. The number of nitrogens with zero attached hydrogens (tertiary/aromatic N) is 2. The van der Waals surface area contributed by atoms with Crippen molar-refractivity contribution >= 4 is 10.0 Å². The van der Waals surface area contributed by atoms with E-state index in [2.05, 4.69) is 4.72 Å². The minimum Gasteiger partial charge on any atom is -0.308 e. The Hall–Kier alpha value is -0.640. The molecular formula is C10H21N3O2S. The van der Waals surface area contributed by atoms with Crippen molar-refractivity contribution in [2.45, 2.75) is 32.1 Å². The van der Waals surface area contributed by atoms with Gasteiger partial charge in [-0.2, -0.15) is 5.26 Å². The van der Waals surface area contributed by atoms with Crippen molar-refractivity contribution in [3.05, 3.63) is 0 Å². The molecule has 2 atom stereocenters. The molecule has 0 saturated heterocycles. The molecule has 16 heavy (non-hydrogen) atoms. The topological polar surface area (TPSA) is 73.2 Å². The Labute approximate surface area is 98.5 Å². The molecule has 0 saturated carbocycles. The third-order valence-corrected chi connectivity index (χ3v) is 4.00. The van der Waals surface area contributed by atoms with Crippen LogP contribution in [0.2, 0.25) is 0 Å². The molecule has 0 fully saturated rings. The highest BCUT2D eigenvalue weighted by Gasteiger charge is 2.26. The SMILES string of the molecule is CC(C)C(CN(C)C)NS(=O)(=O)C(C)C#N. The first kappa shape index (κ1) is 15.4. The fraction of sp³-hybridized carbons (Fsp3) is 0.900. The van der Waals surface area contributed by atoms with Crippen molar-refractivity contribution in [3.8, 4) is 6.07 Å². The second-order valence-electron chi connectivity index (χ2n) is 4.55. The smallest absolute Gasteiger partial charge is 0.227 e. The normalized spacial score (nSPS) is 16.1. The summed E-state index contributed by atoms with van der Waals surface area (Å²) in [6, 6.07) is 1.57. The van der Waals surface area contributed by atoms with Crippen molar-refractivity contribution < 1.29 is 8.42 Å². The van der Waals surface area contributed by atoms with Crippen LogP contribution in [0.1, 0.15) is 20.8 Å². The third-order valence-electron chi connectivity index (χ3n) is 2.33. The van der Waals surface area contributed by atoms with Gasteiger partial charge in [-0.1, -0.05) is 13.8 Å². The van der Waals surface area contributed by atoms with E-state index < -0.39 is 15.3 Å². The van der Waals surface area contributed by atoms with E-state index in [1.807, 2.05) is 32.8 Å². The molecule has 0 spiro atoms. The summed E-state index contributed by atoms with van der Waals surface area (Å²) in [6.07, 6.45) is 0. The second kappa shape index (κ2) is 6.18. The maximum Gasteiger partial charge on any atom is 0.227 e. The lowest BCUT2D eigenvalue weighted by atomic mass is 10.1. The Morgan fingerprint density at radius 2 is 1.81 bits per heavy atom. The summed E-state index contributed by atoms with van der Waals surface area (Å²) in [5.74, 6) is 0.183. The van der Waals surface area contributed by atoms with Gasteiger partial charge in [0.25, 0.3) is 0 Å². The Morgan fingerprint density at radius 3 is 2.12 bits per heavy atom. The van der Waals surface area contributed by atoms with E-state index in [0.29, 0.717) is 6.54 Å². The summed E-state index contributed by atoms with van der Waals surface area (Å²) in [5, 5.41) is 7.61. The van der Waals surface area contributed by atoms with Gasteiger partial charge in [-0.3, -0.25) is 0 Å². The molecule has 6 heteroatoms. The molecule has 0 aromatic carbocycles. The molecule has 0 aliphatic carbocycles. The molecular weight excluding hydrogens is 226 g/mol. The van der Waals surface area contributed by atoms with Gasteiger partial charge in [0.05, 0.1) is 6.07 Å². The van der Waals surface area contributed by atoms with Gasteiger partial charge in [-0.05, 0) is 26.9 Å². The molecule has 0 aliphatic rings. The van der Waals surface area contributed by atoms with Crippen LogP contribution in [0.5, 0.6) is 0 Å². The zero-order chi connectivity index (χ0) is 12.9. The van der Waals surface area contributed by atoms with Crippen LogP contribution >= 0.6 is 0 Å². The van der Waals surface area contributed by atoms with Crippen LogP contribution in [0.25, 0.3) is 0 Å². The molecule has 0 aliphatic heterocycles. The molecule has 2 unspecified atom stereocenters. The molecule has 5 nitrogen and oxygen atoms in total. The summed E-state index contributed by atoms with van der Waals surface area (Å²) in [6.45, 7) is 5.91. The first-order chi connectivity index (χ1) is 7.20. The van der Waals surface area contributed by atoms with E-state index in [9.17, 15) is 8.42 Å². The lowest BCUT2D eigenvalue weighted by Crippen LogP contribution is -2.47. The molecule has 0 rings (SSSR count). The van der Waals surface area contributed by atoms with Crippen LogP contribution in [0.15, 0.2) is 0 Å². The average molecular weight is 247 g/mol. The summed E-state index contributed by atoms with van der Waals surface area (Å²) in [4.78, 5) is 1.92. The number of hydrogen-bond acceptors (Lipinski definition) is 4. The molecule has 0 radical (unpaired) electrons. The molecule has 0 aromatic heterocycles. The van der Waals surface area contributed by atoms with Gasteiger partial charge in [-0.25, -0.2) is 13.1 Å². The number of nitriles is 1. The Morgan fingerprint density at radius 1 is 1.31 bits per heavy atom. The van der Waals surface area contributed by atoms with Gasteiger partial charge in [0.2, 0.25) is 10.0 Å². The first-order valence-electron chi connectivity index (χ1n) is 5.26. The quantitative estimate of drug-likeness (QED) is 0.737. The maximum absolute atomic E-state index is 11.7. The van der Waals surface area contributed by atoms with Crippen LogP contribution in [0.3, 0.4) is 0 Å². The van der Waals surface area contributed by atoms with Gasteiger partial charge in [0, 0.05) is 12.6 Å². The highest BCUT2D eigenvalue weighted by molar-refractivity contribution is 7.90. The summed E-state index contributed by atoms with van der Waals surface area (Å²) in [7, 11) is 0.235. The second-order valence-corrected chi connectivity index (χ2v) is 6.58. The van der Waals surface area contributed by atoms with E-state index in [1.54, 1.807) is 6.07 Å². The molecule has 0 amide bonds. The molecule has 0 aromatic rings. The number of likely N-dealkylation sites (N-methyl/N-ethyl adjacent to an activating group) is 1. The highest BCUT2D eigenvalue weighted by Crippen LogP contribution is 2.07. The number of rotatable bonds is 6. The minimum atomic E-state index is -3.54. The van der Waals surface area contributed by atoms with Crippen LogP contribution in [-0.2, 0) is 10.0 Å². The monoisotopic (exact) mass is 247 g/mol. The van der Waals surface area contributed by atoms with Gasteiger partial charge in [0.15, 0.2) is 5.25 Å². The fourth-order valence-corrected chi connectivity index (χ4v) is 2.27. The predicted octanol–water partition coefficient (Wildman–Crippen LogP) is 0.404. The van der Waals surface area contributed by atoms with E-state index in [1.165, 1.54) is 6.92 Å². The molecule has 0 bridgehead atoms. The van der Waals surface area contributed by atoms with Crippen molar-refractivity contribution in [2.24, 2.45) is 5.92 Å². The van der Waals surface area contributed by atoms with Crippen LogP contribution in [0, 0.1) is 17.2 Å². The largest absolute Gasteiger partial charge is 0.308 e. The van der Waals surface area contributed by atoms with Crippen LogP contribution in [-0.4, -0.2) is 45.2 Å². The summed E-state index contributed by atoms with van der Waals surface area (Å²) >= 11 is 0. The van der Waals surface area contributed by atoms with Crippen molar-refractivity contribution in [1.29, 1.82) is 5.26 Å². The fourth-order valence-electron chi connectivity index (χ4n) is 1.16. The number of sulfonamides is 1. The van der Waals surface area contributed by atoms with E-state index in [0.717, 1.165) is 0 Å². The summed E-state index contributed by atoms with van der Waals surface area (Å²) < 4.78 is 26.0. The molecule has 1 N–H and O–H groups in total. The lowest BCUT2D eigenvalue weighted by molar-refractivity contribution is 0.314. The van der Waals surface area contributed by atoms with Crippen LogP contribution in [0.4, 0.5) is 0 Å². The third kappa shape index (κ3) is 4.92. The Kier molecular flexibility index (Phi) is 5.94. The summed E-state index contributed by atoms with van der Waals surface area (Å²) in [5.41, 5.74) is 0.